The minimum absolute atomic E-state index is 0.00588. The van der Waals surface area contributed by atoms with Crippen molar-refractivity contribution in [2.45, 2.75) is 6.92 Å². The highest BCUT2D eigenvalue weighted by Gasteiger charge is 2.16. The lowest BCUT2D eigenvalue weighted by Gasteiger charge is -2.01. The summed E-state index contributed by atoms with van der Waals surface area (Å²) in [6, 6.07) is 19.7. The summed E-state index contributed by atoms with van der Waals surface area (Å²) >= 11 is 0. The lowest BCUT2D eigenvalue weighted by atomic mass is 10.1. The number of aryl methyl sites for hydroxylation is 1. The van der Waals surface area contributed by atoms with Crippen molar-refractivity contribution < 1.29 is 4.92 Å². The Morgan fingerprint density at radius 1 is 1.00 bits per heavy atom. The molecule has 2 aromatic heterocycles. The number of hydrogen-bond donors (Lipinski definition) is 0. The van der Waals surface area contributed by atoms with E-state index in [1.54, 1.807) is 12.1 Å². The van der Waals surface area contributed by atoms with Crippen LogP contribution in [0.15, 0.2) is 83.2 Å². The second kappa shape index (κ2) is 6.80. The van der Waals surface area contributed by atoms with Crippen LogP contribution < -0.4 is 0 Å². The maximum absolute atomic E-state index is 11.1. The van der Waals surface area contributed by atoms with Crippen molar-refractivity contribution in [1.29, 1.82) is 0 Å². The Kier molecular flexibility index (Phi) is 4.18. The normalized spacial score (nSPS) is 11.3. The predicted octanol–water partition coefficient (Wildman–Crippen LogP) is 5.63. The molecule has 132 valence electrons. The Bertz CT molecular complexity index is 1180. The quantitative estimate of drug-likeness (QED) is 0.269. The highest BCUT2D eigenvalue weighted by molar-refractivity contribution is 5.75. The molecule has 0 saturated heterocycles. The minimum Gasteiger partial charge on any atom is -0.283 e. The molecule has 0 amide bonds. The van der Waals surface area contributed by atoms with E-state index in [0.29, 0.717) is 22.7 Å². The second-order valence-electron chi connectivity index (χ2n) is 6.01. The van der Waals surface area contributed by atoms with Crippen molar-refractivity contribution in [3.8, 4) is 11.3 Å². The number of azo groups is 1. The number of hydrogen-bond acceptors (Lipinski definition) is 5. The number of pyridine rings is 1. The maximum Gasteiger partial charge on any atom is 0.270 e. The zero-order valence-electron chi connectivity index (χ0n) is 14.5. The van der Waals surface area contributed by atoms with E-state index in [0.717, 1.165) is 11.3 Å². The fourth-order valence-corrected chi connectivity index (χ4v) is 2.82. The molecule has 27 heavy (non-hydrogen) atoms. The van der Waals surface area contributed by atoms with Gasteiger partial charge < -0.3 is 0 Å². The van der Waals surface area contributed by atoms with Gasteiger partial charge in [-0.15, -0.1) is 10.2 Å². The van der Waals surface area contributed by atoms with Gasteiger partial charge in [-0.25, -0.2) is 4.98 Å². The summed E-state index contributed by atoms with van der Waals surface area (Å²) in [5.41, 5.74) is 3.62. The molecular formula is C20H15N5O2. The Balaban J connectivity index is 1.89. The summed E-state index contributed by atoms with van der Waals surface area (Å²) in [6.07, 6.45) is 1.84. The van der Waals surface area contributed by atoms with E-state index in [1.807, 2.05) is 60.0 Å². The van der Waals surface area contributed by atoms with Gasteiger partial charge in [-0.2, -0.15) is 0 Å². The molecule has 0 aliphatic rings. The third-order valence-electron chi connectivity index (χ3n) is 4.20. The first-order chi connectivity index (χ1) is 13.1. The van der Waals surface area contributed by atoms with Gasteiger partial charge in [-0.3, -0.25) is 14.5 Å². The van der Waals surface area contributed by atoms with Gasteiger partial charge in [0.2, 0.25) is 0 Å². The average Bonchev–Trinajstić information content (AvgIpc) is 3.06. The van der Waals surface area contributed by atoms with E-state index in [1.165, 1.54) is 12.1 Å². The molecule has 7 nitrogen and oxygen atoms in total. The Morgan fingerprint density at radius 2 is 1.81 bits per heavy atom. The smallest absolute Gasteiger partial charge is 0.270 e. The molecular weight excluding hydrogens is 342 g/mol. The van der Waals surface area contributed by atoms with Crippen LogP contribution >= 0.6 is 0 Å². The third kappa shape index (κ3) is 3.18. The lowest BCUT2D eigenvalue weighted by molar-refractivity contribution is -0.384. The van der Waals surface area contributed by atoms with Crippen molar-refractivity contribution in [1.82, 2.24) is 9.38 Å². The van der Waals surface area contributed by atoms with E-state index in [9.17, 15) is 10.1 Å². The Morgan fingerprint density at radius 3 is 2.63 bits per heavy atom. The Hall–Kier alpha value is -3.87. The van der Waals surface area contributed by atoms with Gasteiger partial charge in [0.25, 0.3) is 5.69 Å². The van der Waals surface area contributed by atoms with Crippen LogP contribution in [0.5, 0.6) is 0 Å². The van der Waals surface area contributed by atoms with E-state index >= 15 is 0 Å². The summed E-state index contributed by atoms with van der Waals surface area (Å²) < 4.78 is 1.82. The number of fused-ring (bicyclic) bond motifs is 1. The van der Waals surface area contributed by atoms with Gasteiger partial charge in [0.05, 0.1) is 10.6 Å². The van der Waals surface area contributed by atoms with Crippen molar-refractivity contribution in [3.05, 3.63) is 88.6 Å². The van der Waals surface area contributed by atoms with E-state index in [4.69, 9.17) is 0 Å². The summed E-state index contributed by atoms with van der Waals surface area (Å²) in [5, 5.41) is 19.9. The molecule has 0 saturated carbocycles. The van der Waals surface area contributed by atoms with Crippen LogP contribution in [0.2, 0.25) is 0 Å². The fraction of sp³-hybridized carbons (Fsp3) is 0.0500. The molecule has 4 rings (SSSR count). The highest BCUT2D eigenvalue weighted by Crippen LogP contribution is 2.34. The first-order valence-electron chi connectivity index (χ1n) is 8.33. The highest BCUT2D eigenvalue weighted by atomic mass is 16.6. The largest absolute Gasteiger partial charge is 0.283 e. The summed E-state index contributed by atoms with van der Waals surface area (Å²) in [5.74, 6) is 0.523. The number of benzene rings is 2. The molecule has 2 heterocycles. The van der Waals surface area contributed by atoms with Crippen LogP contribution in [0.3, 0.4) is 0 Å². The first-order valence-corrected chi connectivity index (χ1v) is 8.33. The van der Waals surface area contributed by atoms with Crippen LogP contribution in [-0.4, -0.2) is 14.3 Å². The zero-order chi connectivity index (χ0) is 18.8. The number of nitro benzene ring substituents is 1. The Labute approximate surface area is 154 Å². The van der Waals surface area contributed by atoms with E-state index in [-0.39, 0.29) is 5.69 Å². The van der Waals surface area contributed by atoms with Crippen LogP contribution in [0.4, 0.5) is 17.2 Å². The molecule has 0 bridgehead atoms. The minimum atomic E-state index is -0.423. The number of nitro groups is 1. The molecule has 0 N–H and O–H groups in total. The third-order valence-corrected chi connectivity index (χ3v) is 4.20. The van der Waals surface area contributed by atoms with Gasteiger partial charge >= 0.3 is 0 Å². The van der Waals surface area contributed by atoms with Crippen molar-refractivity contribution >= 4 is 22.8 Å². The first kappa shape index (κ1) is 16.6. The number of rotatable bonds is 4. The fourth-order valence-electron chi connectivity index (χ4n) is 2.82. The van der Waals surface area contributed by atoms with Crippen molar-refractivity contribution in [3.63, 3.8) is 0 Å². The summed E-state index contributed by atoms with van der Waals surface area (Å²) in [7, 11) is 0. The zero-order valence-corrected chi connectivity index (χ0v) is 14.5. The van der Waals surface area contributed by atoms with E-state index in [2.05, 4.69) is 15.2 Å². The molecule has 7 heteroatoms. The van der Waals surface area contributed by atoms with Gasteiger partial charge in [-0.05, 0) is 30.7 Å². The molecule has 0 atom stereocenters. The van der Waals surface area contributed by atoms with Gasteiger partial charge in [-0.1, -0.05) is 36.4 Å². The molecule has 0 radical (unpaired) electrons. The molecule has 0 aliphatic heterocycles. The molecule has 2 aromatic carbocycles. The van der Waals surface area contributed by atoms with Crippen molar-refractivity contribution in [2.24, 2.45) is 10.2 Å². The number of imidazole rings is 1. The van der Waals surface area contributed by atoms with Crippen LogP contribution in [0, 0.1) is 17.0 Å². The summed E-state index contributed by atoms with van der Waals surface area (Å²) in [6.45, 7) is 1.96. The van der Waals surface area contributed by atoms with Gasteiger partial charge in [0.1, 0.15) is 11.3 Å². The average molecular weight is 357 g/mol. The lowest BCUT2D eigenvalue weighted by Crippen LogP contribution is -1.88. The van der Waals surface area contributed by atoms with Crippen LogP contribution in [-0.2, 0) is 0 Å². The maximum atomic E-state index is 11.1. The topological polar surface area (TPSA) is 85.2 Å². The molecule has 0 spiro atoms. The monoisotopic (exact) mass is 357 g/mol. The van der Waals surface area contributed by atoms with Gasteiger partial charge in [0.15, 0.2) is 5.82 Å². The SMILES string of the molecule is Cc1ccccc1N=Nc1c(-c2cccc([N+](=O)[O-])c2)nc2ccccn12. The van der Waals surface area contributed by atoms with E-state index < -0.39 is 4.92 Å². The summed E-state index contributed by atoms with van der Waals surface area (Å²) in [4.78, 5) is 15.3. The second-order valence-corrected chi connectivity index (χ2v) is 6.01. The number of non-ortho nitro benzene ring substituents is 1. The number of aromatic nitrogens is 2. The predicted molar refractivity (Wildman–Crippen MR) is 103 cm³/mol. The van der Waals surface area contributed by atoms with Gasteiger partial charge in [0, 0.05) is 23.9 Å². The van der Waals surface area contributed by atoms with Crippen molar-refractivity contribution in [2.75, 3.05) is 0 Å². The number of nitrogens with zero attached hydrogens (tertiary/aromatic N) is 5. The van der Waals surface area contributed by atoms with Crippen LogP contribution in [0.25, 0.3) is 16.9 Å². The molecule has 0 fully saturated rings. The standard InChI is InChI=1S/C20H15N5O2/c1-14-7-2-3-10-17(14)22-23-20-19(21-18-11-4-5-12-24(18)20)15-8-6-9-16(13-15)25(26)27/h2-13H,1H3. The molecule has 0 aliphatic carbocycles. The molecule has 0 unspecified atom stereocenters. The van der Waals surface area contributed by atoms with Crippen LogP contribution in [0.1, 0.15) is 5.56 Å². The molecule has 4 aromatic rings.